The number of nitrogens with one attached hydrogen (secondary N) is 1. The molecule has 6 nitrogen and oxygen atoms in total. The van der Waals surface area contributed by atoms with E-state index >= 15 is 0 Å². The van der Waals surface area contributed by atoms with Crippen molar-refractivity contribution in [1.82, 2.24) is 5.32 Å². The van der Waals surface area contributed by atoms with Gasteiger partial charge in [-0.25, -0.2) is 4.79 Å². The Balaban J connectivity index is 2.12. The number of carbonyl (C=O) groups is 1. The number of hydrogen-bond donors (Lipinski definition) is 2. The monoisotopic (exact) mass is 242 g/mol. The van der Waals surface area contributed by atoms with E-state index in [0.717, 1.165) is 11.3 Å². The van der Waals surface area contributed by atoms with Crippen LogP contribution in [0.5, 0.6) is 0 Å². The molecule has 0 aliphatic carbocycles. The number of nitrogens with zero attached hydrogens (tertiary/aromatic N) is 3. The number of benzene rings is 1. The van der Waals surface area contributed by atoms with Gasteiger partial charge in [0.05, 0.1) is 5.69 Å². The molecule has 0 saturated carbocycles. The zero-order chi connectivity index (χ0) is 12.5. The fourth-order valence-electron chi connectivity index (χ4n) is 2.00. The molecule has 2 aliphatic heterocycles. The van der Waals surface area contributed by atoms with E-state index in [1.54, 1.807) is 12.2 Å². The molecule has 0 fully saturated rings. The van der Waals surface area contributed by atoms with Crippen LogP contribution in [0.4, 0.5) is 10.5 Å². The Morgan fingerprint density at radius 1 is 1.33 bits per heavy atom. The van der Waals surface area contributed by atoms with Crippen LogP contribution in [0, 0.1) is 0 Å². The van der Waals surface area contributed by atoms with Gasteiger partial charge in [-0.15, -0.1) is 5.11 Å². The summed E-state index contributed by atoms with van der Waals surface area (Å²) in [4.78, 5) is 12.7. The summed E-state index contributed by atoms with van der Waals surface area (Å²) in [6.45, 7) is 0.455. The van der Waals surface area contributed by atoms with Crippen LogP contribution >= 0.6 is 0 Å². The van der Waals surface area contributed by atoms with Crippen LogP contribution < -0.4 is 10.2 Å². The third kappa shape index (κ3) is 1.73. The van der Waals surface area contributed by atoms with Gasteiger partial charge in [0.25, 0.3) is 0 Å². The molecule has 1 aromatic carbocycles. The highest BCUT2D eigenvalue weighted by Crippen LogP contribution is 2.32. The summed E-state index contributed by atoms with van der Waals surface area (Å²) in [6, 6.07) is 7.72. The van der Waals surface area contributed by atoms with Gasteiger partial charge in [-0.05, 0) is 12.1 Å². The van der Waals surface area contributed by atoms with Gasteiger partial charge in [0.1, 0.15) is 6.67 Å². The molecule has 1 aromatic rings. The molecular formula is C12H10N4O2. The first-order chi connectivity index (χ1) is 8.74. The lowest BCUT2D eigenvalue weighted by Crippen LogP contribution is -2.20. The summed E-state index contributed by atoms with van der Waals surface area (Å²) in [6.07, 6.45) is 2.36. The van der Waals surface area contributed by atoms with Gasteiger partial charge < -0.3 is 10.0 Å². The topological polar surface area (TPSA) is 77.3 Å². The van der Waals surface area contributed by atoms with Crippen LogP contribution in [-0.4, -0.2) is 17.9 Å². The largest absolute Gasteiger partial charge is 0.465 e. The van der Waals surface area contributed by atoms with Crippen LogP contribution in [0.25, 0.3) is 6.08 Å². The molecule has 0 atom stereocenters. The highest BCUT2D eigenvalue weighted by molar-refractivity contribution is 5.78. The maximum atomic E-state index is 10.7. The molecule has 2 N–H and O–H groups in total. The molecule has 18 heavy (non-hydrogen) atoms. The number of amides is 1. The number of carboxylic acid groups (broad SMARTS) is 1. The van der Waals surface area contributed by atoms with Crippen molar-refractivity contribution in [3.05, 3.63) is 47.4 Å². The standard InChI is InChI=1S/C12H10N4O2/c17-12(18)14-9-5-8-3-1-2-4-10(8)16-7-13-15-11(16)6-9/h1-6,14H,7H2,(H,17,18). The Morgan fingerprint density at radius 3 is 3.00 bits per heavy atom. The number of rotatable bonds is 1. The van der Waals surface area contributed by atoms with E-state index in [9.17, 15) is 4.79 Å². The molecule has 0 aromatic heterocycles. The molecule has 90 valence electrons. The summed E-state index contributed by atoms with van der Waals surface area (Å²) in [5.74, 6) is 0.639. The highest BCUT2D eigenvalue weighted by atomic mass is 16.4. The molecule has 2 aliphatic rings. The predicted molar refractivity (Wildman–Crippen MR) is 65.9 cm³/mol. The quantitative estimate of drug-likeness (QED) is 0.793. The summed E-state index contributed by atoms with van der Waals surface area (Å²) in [7, 11) is 0. The Labute approximate surface area is 103 Å². The van der Waals surface area contributed by atoms with E-state index in [4.69, 9.17) is 5.11 Å². The fourth-order valence-corrected chi connectivity index (χ4v) is 2.00. The van der Waals surface area contributed by atoms with Crippen molar-refractivity contribution in [1.29, 1.82) is 0 Å². The minimum atomic E-state index is -1.10. The van der Waals surface area contributed by atoms with Crippen molar-refractivity contribution in [3.8, 4) is 0 Å². The molecule has 2 heterocycles. The Morgan fingerprint density at radius 2 is 2.17 bits per heavy atom. The van der Waals surface area contributed by atoms with Crippen LogP contribution in [-0.2, 0) is 0 Å². The van der Waals surface area contributed by atoms with Crippen LogP contribution in [0.15, 0.2) is 52.1 Å². The van der Waals surface area contributed by atoms with Gasteiger partial charge in [-0.1, -0.05) is 18.2 Å². The second-order valence-electron chi connectivity index (χ2n) is 3.90. The Bertz CT molecular complexity index is 604. The van der Waals surface area contributed by atoms with Gasteiger partial charge in [0.2, 0.25) is 0 Å². The van der Waals surface area contributed by atoms with E-state index in [1.807, 2.05) is 29.2 Å². The van der Waals surface area contributed by atoms with E-state index in [0.29, 0.717) is 18.2 Å². The molecule has 3 rings (SSSR count). The van der Waals surface area contributed by atoms with E-state index in [-0.39, 0.29) is 0 Å². The van der Waals surface area contributed by atoms with Gasteiger partial charge >= 0.3 is 6.09 Å². The summed E-state index contributed by atoms with van der Waals surface area (Å²) < 4.78 is 0. The molecular weight excluding hydrogens is 232 g/mol. The first-order valence-electron chi connectivity index (χ1n) is 5.41. The van der Waals surface area contributed by atoms with E-state index in [1.165, 1.54) is 0 Å². The highest BCUT2D eigenvalue weighted by Gasteiger charge is 2.22. The number of hydrogen-bond acceptors (Lipinski definition) is 4. The van der Waals surface area contributed by atoms with Crippen molar-refractivity contribution in [2.24, 2.45) is 10.2 Å². The van der Waals surface area contributed by atoms with Crippen LogP contribution in [0.1, 0.15) is 5.56 Å². The van der Waals surface area contributed by atoms with Crippen LogP contribution in [0.2, 0.25) is 0 Å². The normalized spacial score (nSPS) is 16.3. The first-order valence-corrected chi connectivity index (χ1v) is 5.41. The molecule has 0 saturated heterocycles. The second kappa shape index (κ2) is 3.99. The lowest BCUT2D eigenvalue weighted by molar-refractivity contribution is 0.198. The number of allylic oxidation sites excluding steroid dienone is 1. The lowest BCUT2D eigenvalue weighted by Gasteiger charge is -2.17. The number of anilines is 1. The Kier molecular flexibility index (Phi) is 2.33. The van der Waals surface area contributed by atoms with Crippen molar-refractivity contribution in [2.75, 3.05) is 11.6 Å². The van der Waals surface area contributed by atoms with Gasteiger partial charge in [0, 0.05) is 17.3 Å². The molecule has 0 unspecified atom stereocenters. The lowest BCUT2D eigenvalue weighted by atomic mass is 10.1. The van der Waals surface area contributed by atoms with Crippen molar-refractivity contribution in [3.63, 3.8) is 0 Å². The average molecular weight is 242 g/mol. The third-order valence-electron chi connectivity index (χ3n) is 2.73. The smallest absolute Gasteiger partial charge is 0.409 e. The molecule has 0 bridgehead atoms. The van der Waals surface area contributed by atoms with Crippen molar-refractivity contribution < 1.29 is 9.90 Å². The fraction of sp³-hybridized carbons (Fsp3) is 0.0833. The summed E-state index contributed by atoms with van der Waals surface area (Å²) in [5.41, 5.74) is 2.38. The second-order valence-corrected chi connectivity index (χ2v) is 3.90. The zero-order valence-electron chi connectivity index (χ0n) is 9.37. The van der Waals surface area contributed by atoms with Gasteiger partial charge in [-0.2, -0.15) is 5.11 Å². The van der Waals surface area contributed by atoms with Gasteiger partial charge in [-0.3, -0.25) is 5.32 Å². The summed E-state index contributed by atoms with van der Waals surface area (Å²) in [5, 5.41) is 19.1. The molecule has 1 amide bonds. The molecule has 0 spiro atoms. The van der Waals surface area contributed by atoms with Gasteiger partial charge in [0.15, 0.2) is 5.82 Å². The minimum Gasteiger partial charge on any atom is -0.465 e. The molecule has 0 radical (unpaired) electrons. The zero-order valence-corrected chi connectivity index (χ0v) is 9.37. The maximum absolute atomic E-state index is 10.7. The number of para-hydroxylation sites is 1. The minimum absolute atomic E-state index is 0.455. The van der Waals surface area contributed by atoms with Crippen molar-refractivity contribution in [2.45, 2.75) is 0 Å². The van der Waals surface area contributed by atoms with E-state index in [2.05, 4.69) is 15.5 Å². The van der Waals surface area contributed by atoms with Crippen molar-refractivity contribution >= 4 is 17.9 Å². The number of azo groups is 1. The SMILES string of the molecule is O=C(O)NC1=Cc2ccccc2N2CN=NC2=C1. The van der Waals surface area contributed by atoms with Crippen LogP contribution in [0.3, 0.4) is 0 Å². The molecule has 6 heteroatoms. The average Bonchev–Trinajstić information content (AvgIpc) is 2.72. The number of fused-ring (bicyclic) bond motifs is 3. The maximum Gasteiger partial charge on any atom is 0.409 e. The summed E-state index contributed by atoms with van der Waals surface area (Å²) >= 11 is 0. The Hall–Kier alpha value is -2.63. The first kappa shape index (κ1) is 10.5. The van der Waals surface area contributed by atoms with E-state index < -0.39 is 6.09 Å². The predicted octanol–water partition coefficient (Wildman–Crippen LogP) is 2.38. The third-order valence-corrected chi connectivity index (χ3v) is 2.73.